The van der Waals surface area contributed by atoms with Crippen molar-refractivity contribution in [1.29, 1.82) is 0 Å². The first-order valence-corrected chi connectivity index (χ1v) is 5.63. The van der Waals surface area contributed by atoms with E-state index in [1.54, 1.807) is 0 Å². The van der Waals surface area contributed by atoms with Crippen LogP contribution >= 0.6 is 27.5 Å². The Hall–Kier alpha value is -0.0500. The lowest BCUT2D eigenvalue weighted by atomic mass is 10.1. The van der Waals surface area contributed by atoms with Crippen LogP contribution in [0.25, 0.3) is 0 Å². The Morgan fingerprint density at radius 3 is 2.92 bits per heavy atom. The summed E-state index contributed by atoms with van der Waals surface area (Å²) in [6.45, 7) is 1.10. The standard InChI is InChI=1S/C10H11BrClN/c11-7-3-1-4-8(12)10(7)9-5-2-6-13-9/h1,3-4,9,13H,2,5-6H2. The molecule has 70 valence electrons. The van der Waals surface area contributed by atoms with Gasteiger partial charge in [-0.2, -0.15) is 0 Å². The lowest BCUT2D eigenvalue weighted by molar-refractivity contribution is 0.645. The summed E-state index contributed by atoms with van der Waals surface area (Å²) in [5.41, 5.74) is 1.21. The van der Waals surface area contributed by atoms with Gasteiger partial charge < -0.3 is 5.32 Å². The zero-order valence-electron chi connectivity index (χ0n) is 7.19. The molecular weight excluding hydrogens is 249 g/mol. The van der Waals surface area contributed by atoms with E-state index >= 15 is 0 Å². The van der Waals surface area contributed by atoms with E-state index < -0.39 is 0 Å². The van der Waals surface area contributed by atoms with Crippen molar-refractivity contribution in [2.24, 2.45) is 0 Å². The molecule has 13 heavy (non-hydrogen) atoms. The Labute approximate surface area is 91.6 Å². The van der Waals surface area contributed by atoms with Crippen LogP contribution in [-0.2, 0) is 0 Å². The van der Waals surface area contributed by atoms with Crippen molar-refractivity contribution in [3.63, 3.8) is 0 Å². The quantitative estimate of drug-likeness (QED) is 0.814. The highest BCUT2D eigenvalue weighted by atomic mass is 79.9. The van der Waals surface area contributed by atoms with Crippen molar-refractivity contribution >= 4 is 27.5 Å². The highest BCUT2D eigenvalue weighted by Crippen LogP contribution is 2.34. The summed E-state index contributed by atoms with van der Waals surface area (Å²) in [7, 11) is 0. The molecule has 1 nitrogen and oxygen atoms in total. The van der Waals surface area contributed by atoms with Crippen LogP contribution in [0.5, 0.6) is 0 Å². The van der Waals surface area contributed by atoms with E-state index in [9.17, 15) is 0 Å². The zero-order valence-corrected chi connectivity index (χ0v) is 9.53. The molecule has 1 unspecified atom stereocenters. The Balaban J connectivity index is 2.37. The number of nitrogens with one attached hydrogen (secondary N) is 1. The summed E-state index contributed by atoms with van der Waals surface area (Å²) in [6, 6.07) is 6.39. The third-order valence-corrected chi connectivity index (χ3v) is 3.43. The fourth-order valence-electron chi connectivity index (χ4n) is 1.77. The van der Waals surface area contributed by atoms with Crippen LogP contribution in [0.15, 0.2) is 22.7 Å². The van der Waals surface area contributed by atoms with E-state index in [-0.39, 0.29) is 0 Å². The van der Waals surface area contributed by atoms with Crippen molar-refractivity contribution in [3.05, 3.63) is 33.3 Å². The molecule has 0 aliphatic carbocycles. The maximum atomic E-state index is 6.14. The van der Waals surface area contributed by atoms with Gasteiger partial charge >= 0.3 is 0 Å². The third-order valence-electron chi connectivity index (χ3n) is 2.41. The van der Waals surface area contributed by atoms with Crippen LogP contribution in [0.2, 0.25) is 5.02 Å². The second-order valence-electron chi connectivity index (χ2n) is 3.28. The molecule has 1 heterocycles. The second kappa shape index (κ2) is 3.99. The second-order valence-corrected chi connectivity index (χ2v) is 4.55. The fraction of sp³-hybridized carbons (Fsp3) is 0.400. The monoisotopic (exact) mass is 259 g/mol. The molecular formula is C10H11BrClN. The number of rotatable bonds is 1. The van der Waals surface area contributed by atoms with E-state index in [1.165, 1.54) is 18.4 Å². The molecule has 1 aromatic rings. The van der Waals surface area contributed by atoms with Crippen molar-refractivity contribution in [2.75, 3.05) is 6.54 Å². The van der Waals surface area contributed by atoms with Gasteiger partial charge in [-0.3, -0.25) is 0 Å². The smallest absolute Gasteiger partial charge is 0.0465 e. The maximum absolute atomic E-state index is 6.14. The largest absolute Gasteiger partial charge is 0.310 e. The highest BCUT2D eigenvalue weighted by molar-refractivity contribution is 9.10. The molecule has 3 heteroatoms. The van der Waals surface area contributed by atoms with E-state index in [4.69, 9.17) is 11.6 Å². The number of benzene rings is 1. The van der Waals surface area contributed by atoms with E-state index in [1.807, 2.05) is 18.2 Å². The lowest BCUT2D eigenvalue weighted by Gasteiger charge is -2.14. The molecule has 1 saturated heterocycles. The van der Waals surface area contributed by atoms with Gasteiger partial charge in [-0.05, 0) is 31.5 Å². The fourth-order valence-corrected chi connectivity index (χ4v) is 2.84. The predicted molar refractivity (Wildman–Crippen MR) is 59.1 cm³/mol. The summed E-state index contributed by atoms with van der Waals surface area (Å²) in [6.07, 6.45) is 2.42. The lowest BCUT2D eigenvalue weighted by Crippen LogP contribution is -2.13. The van der Waals surface area contributed by atoms with Gasteiger partial charge in [0.25, 0.3) is 0 Å². The van der Waals surface area contributed by atoms with Crippen LogP contribution in [0.3, 0.4) is 0 Å². The zero-order chi connectivity index (χ0) is 9.26. The van der Waals surface area contributed by atoms with Crippen LogP contribution in [0.1, 0.15) is 24.4 Å². The molecule has 1 aliphatic heterocycles. The van der Waals surface area contributed by atoms with Gasteiger partial charge in [0.1, 0.15) is 0 Å². The van der Waals surface area contributed by atoms with Crippen LogP contribution < -0.4 is 5.32 Å². The predicted octanol–water partition coefficient (Wildman–Crippen LogP) is 3.53. The van der Waals surface area contributed by atoms with Gasteiger partial charge in [0.05, 0.1) is 0 Å². The minimum Gasteiger partial charge on any atom is -0.310 e. The molecule has 0 radical (unpaired) electrons. The molecule has 1 aromatic carbocycles. The van der Waals surface area contributed by atoms with Crippen LogP contribution in [0, 0.1) is 0 Å². The van der Waals surface area contributed by atoms with Gasteiger partial charge in [0, 0.05) is 21.1 Å². The molecule has 1 fully saturated rings. The molecule has 2 rings (SSSR count). The Morgan fingerprint density at radius 1 is 1.46 bits per heavy atom. The molecule has 1 atom stereocenters. The van der Waals surface area contributed by atoms with Crippen molar-refractivity contribution < 1.29 is 0 Å². The van der Waals surface area contributed by atoms with Gasteiger partial charge in [-0.1, -0.05) is 33.6 Å². The van der Waals surface area contributed by atoms with Gasteiger partial charge in [0.15, 0.2) is 0 Å². The molecule has 0 saturated carbocycles. The summed E-state index contributed by atoms with van der Waals surface area (Å²) < 4.78 is 1.11. The summed E-state index contributed by atoms with van der Waals surface area (Å²) in [5, 5.41) is 4.30. The van der Waals surface area contributed by atoms with Gasteiger partial charge in [0.2, 0.25) is 0 Å². The number of halogens is 2. The van der Waals surface area contributed by atoms with Crippen molar-refractivity contribution in [3.8, 4) is 0 Å². The number of hydrogen-bond acceptors (Lipinski definition) is 1. The van der Waals surface area contributed by atoms with Crippen molar-refractivity contribution in [2.45, 2.75) is 18.9 Å². The van der Waals surface area contributed by atoms with Crippen LogP contribution in [0.4, 0.5) is 0 Å². The Morgan fingerprint density at radius 2 is 2.31 bits per heavy atom. The minimum atomic E-state index is 0.433. The normalized spacial score (nSPS) is 22.2. The SMILES string of the molecule is Clc1cccc(Br)c1C1CCCN1. The molecule has 1 aliphatic rings. The molecule has 0 aromatic heterocycles. The summed E-state index contributed by atoms with van der Waals surface area (Å²) >= 11 is 9.67. The topological polar surface area (TPSA) is 12.0 Å². The average molecular weight is 261 g/mol. The minimum absolute atomic E-state index is 0.433. The van der Waals surface area contributed by atoms with E-state index in [0.717, 1.165) is 16.0 Å². The maximum Gasteiger partial charge on any atom is 0.0465 e. The first-order chi connectivity index (χ1) is 6.29. The average Bonchev–Trinajstić information content (AvgIpc) is 2.57. The van der Waals surface area contributed by atoms with E-state index in [0.29, 0.717) is 6.04 Å². The highest BCUT2D eigenvalue weighted by Gasteiger charge is 2.20. The van der Waals surface area contributed by atoms with Crippen molar-refractivity contribution in [1.82, 2.24) is 5.32 Å². The molecule has 1 N–H and O–H groups in total. The first-order valence-electron chi connectivity index (χ1n) is 4.46. The van der Waals surface area contributed by atoms with Gasteiger partial charge in [-0.25, -0.2) is 0 Å². The van der Waals surface area contributed by atoms with E-state index in [2.05, 4.69) is 21.2 Å². The number of hydrogen-bond donors (Lipinski definition) is 1. The molecule has 0 amide bonds. The van der Waals surface area contributed by atoms with Crippen LogP contribution in [-0.4, -0.2) is 6.54 Å². The molecule has 0 spiro atoms. The Kier molecular flexibility index (Phi) is 2.92. The Bertz CT molecular complexity index is 288. The summed E-state index contributed by atoms with van der Waals surface area (Å²) in [5.74, 6) is 0. The summed E-state index contributed by atoms with van der Waals surface area (Å²) in [4.78, 5) is 0. The van der Waals surface area contributed by atoms with Gasteiger partial charge in [-0.15, -0.1) is 0 Å². The molecule has 0 bridgehead atoms. The third kappa shape index (κ3) is 1.90. The first kappa shape index (κ1) is 9.50.